The molecule has 0 bridgehead atoms. The van der Waals surface area contributed by atoms with Crippen LogP contribution in [-0.2, 0) is 21.4 Å². The number of carbonyl (C=O) groups excluding carboxylic acids is 2. The van der Waals surface area contributed by atoms with Crippen molar-refractivity contribution in [2.24, 2.45) is 0 Å². The molecule has 0 unspecified atom stereocenters. The van der Waals surface area contributed by atoms with Crippen molar-refractivity contribution in [2.45, 2.75) is 18.4 Å². The van der Waals surface area contributed by atoms with Crippen molar-refractivity contribution in [1.82, 2.24) is 9.29 Å². The molecular weight excluding hydrogens is 464 g/mol. The number of aromatic nitrogens is 1. The number of rotatable bonds is 7. The monoisotopic (exact) mass is 484 g/mol. The first kappa shape index (κ1) is 22.6. The largest absolute Gasteiger partial charge is 0.468 e. The summed E-state index contributed by atoms with van der Waals surface area (Å²) in [6, 6.07) is 14.3. The Kier molecular flexibility index (Phi) is 6.27. The number of thiazole rings is 1. The number of furan rings is 1. The van der Waals surface area contributed by atoms with Crippen LogP contribution in [0.25, 0.3) is 10.2 Å². The third-order valence-electron chi connectivity index (χ3n) is 4.71. The summed E-state index contributed by atoms with van der Waals surface area (Å²) in [6.07, 6.45) is 1.48. The molecule has 4 rings (SSSR count). The molecule has 0 radical (unpaired) electrons. The van der Waals surface area contributed by atoms with Crippen molar-refractivity contribution in [1.29, 1.82) is 0 Å². The van der Waals surface area contributed by atoms with E-state index in [0.717, 1.165) is 4.70 Å². The Morgan fingerprint density at radius 3 is 2.52 bits per heavy atom. The molecular formula is C22H20N4O5S2. The van der Waals surface area contributed by atoms with Crippen molar-refractivity contribution >= 4 is 54.2 Å². The van der Waals surface area contributed by atoms with E-state index in [4.69, 9.17) is 4.42 Å². The van der Waals surface area contributed by atoms with E-state index in [9.17, 15) is 18.0 Å². The van der Waals surface area contributed by atoms with Crippen LogP contribution in [0.3, 0.4) is 0 Å². The van der Waals surface area contributed by atoms with E-state index < -0.39 is 15.9 Å². The van der Waals surface area contributed by atoms with Gasteiger partial charge in [0.25, 0.3) is 5.91 Å². The molecule has 0 aliphatic carbocycles. The van der Waals surface area contributed by atoms with Crippen molar-refractivity contribution in [3.63, 3.8) is 0 Å². The molecule has 0 fully saturated rings. The number of benzene rings is 2. The van der Waals surface area contributed by atoms with E-state index >= 15 is 0 Å². The molecule has 2 amide bonds. The van der Waals surface area contributed by atoms with E-state index in [0.29, 0.717) is 27.7 Å². The third kappa shape index (κ3) is 5.11. The van der Waals surface area contributed by atoms with Gasteiger partial charge in [-0.05, 0) is 54.6 Å². The number of nitrogens with one attached hydrogen (secondary N) is 2. The molecule has 0 atom stereocenters. The molecule has 0 saturated heterocycles. The fourth-order valence-corrected chi connectivity index (χ4v) is 5.13. The first-order valence-corrected chi connectivity index (χ1v) is 12.1. The van der Waals surface area contributed by atoms with E-state index in [1.54, 1.807) is 30.3 Å². The molecule has 33 heavy (non-hydrogen) atoms. The lowest BCUT2D eigenvalue weighted by Crippen LogP contribution is -2.26. The first-order valence-electron chi connectivity index (χ1n) is 9.81. The number of hydrogen-bond donors (Lipinski definition) is 2. The molecule has 0 spiro atoms. The highest BCUT2D eigenvalue weighted by molar-refractivity contribution is 7.89. The molecule has 2 aromatic carbocycles. The van der Waals surface area contributed by atoms with E-state index in [-0.39, 0.29) is 17.3 Å². The second kappa shape index (κ2) is 9.14. The summed E-state index contributed by atoms with van der Waals surface area (Å²) in [7, 11) is -2.28. The molecule has 0 saturated carbocycles. The third-order valence-corrected chi connectivity index (χ3v) is 7.46. The number of hydrogen-bond acceptors (Lipinski definition) is 7. The molecule has 2 N–H and O–H groups in total. The Bertz CT molecular complexity index is 1410. The van der Waals surface area contributed by atoms with Crippen molar-refractivity contribution in [3.05, 3.63) is 72.2 Å². The summed E-state index contributed by atoms with van der Waals surface area (Å²) in [6.45, 7) is 1.52. The van der Waals surface area contributed by atoms with Crippen LogP contribution in [-0.4, -0.2) is 36.6 Å². The van der Waals surface area contributed by atoms with Gasteiger partial charge in [-0.1, -0.05) is 11.3 Å². The maximum Gasteiger partial charge on any atom is 0.257 e. The van der Waals surface area contributed by atoms with Gasteiger partial charge in [-0.25, -0.2) is 13.4 Å². The average molecular weight is 485 g/mol. The Morgan fingerprint density at radius 2 is 1.85 bits per heavy atom. The molecule has 0 aliphatic heterocycles. The van der Waals surface area contributed by atoms with Crippen molar-refractivity contribution in [3.8, 4) is 0 Å². The number of carbonyl (C=O) groups is 2. The minimum atomic E-state index is -3.75. The van der Waals surface area contributed by atoms with Gasteiger partial charge in [-0.15, -0.1) is 0 Å². The van der Waals surface area contributed by atoms with Gasteiger partial charge in [0.2, 0.25) is 15.9 Å². The Balaban J connectivity index is 1.46. The Hall–Kier alpha value is -3.54. The van der Waals surface area contributed by atoms with Crippen LogP contribution in [0.15, 0.2) is 70.2 Å². The lowest BCUT2D eigenvalue weighted by molar-refractivity contribution is -0.114. The van der Waals surface area contributed by atoms with Gasteiger partial charge in [0, 0.05) is 25.2 Å². The second-order valence-electron chi connectivity index (χ2n) is 7.20. The highest BCUT2D eigenvalue weighted by Crippen LogP contribution is 2.29. The summed E-state index contributed by atoms with van der Waals surface area (Å²) in [4.78, 5) is 28.3. The maximum absolute atomic E-state index is 12.8. The summed E-state index contributed by atoms with van der Waals surface area (Å²) in [5.74, 6) is -0.0638. The maximum atomic E-state index is 12.8. The molecule has 170 valence electrons. The molecule has 0 aliphatic rings. The summed E-state index contributed by atoms with van der Waals surface area (Å²) < 4.78 is 32.7. The first-order chi connectivity index (χ1) is 15.7. The fraction of sp³-hybridized carbons (Fsp3) is 0.136. The quantitative estimate of drug-likeness (QED) is 0.410. The fourth-order valence-electron chi connectivity index (χ4n) is 3.09. The van der Waals surface area contributed by atoms with Crippen LogP contribution >= 0.6 is 11.3 Å². The molecule has 2 aromatic heterocycles. The normalized spacial score (nSPS) is 11.6. The zero-order valence-electron chi connectivity index (χ0n) is 17.7. The van der Waals surface area contributed by atoms with Gasteiger partial charge >= 0.3 is 0 Å². The molecule has 11 heteroatoms. The molecule has 4 aromatic rings. The summed E-state index contributed by atoms with van der Waals surface area (Å²) in [5.41, 5.74) is 1.62. The summed E-state index contributed by atoms with van der Waals surface area (Å²) in [5, 5.41) is 5.83. The lowest BCUT2D eigenvalue weighted by atomic mass is 10.2. The SMILES string of the molecule is CC(=O)Nc1ccc2nc(NC(=O)c3ccc(S(=O)(=O)N(C)Cc4ccco4)cc3)sc2c1. The van der Waals surface area contributed by atoms with Gasteiger partial charge in [0.05, 0.1) is 27.9 Å². The van der Waals surface area contributed by atoms with Crippen LogP contribution < -0.4 is 10.6 Å². The topological polar surface area (TPSA) is 122 Å². The van der Waals surface area contributed by atoms with Crippen LogP contribution in [0.5, 0.6) is 0 Å². The minimum Gasteiger partial charge on any atom is -0.468 e. The predicted octanol–water partition coefficient (Wildman–Crippen LogP) is 3.92. The number of amides is 2. The number of anilines is 2. The van der Waals surface area contributed by atoms with Gasteiger partial charge < -0.3 is 9.73 Å². The van der Waals surface area contributed by atoms with E-state index in [1.807, 2.05) is 0 Å². The van der Waals surface area contributed by atoms with Gasteiger partial charge in [-0.2, -0.15) is 4.31 Å². The smallest absolute Gasteiger partial charge is 0.257 e. The highest BCUT2D eigenvalue weighted by Gasteiger charge is 2.22. The van der Waals surface area contributed by atoms with E-state index in [2.05, 4.69) is 15.6 Å². The summed E-state index contributed by atoms with van der Waals surface area (Å²) >= 11 is 1.27. The molecule has 9 nitrogen and oxygen atoms in total. The van der Waals surface area contributed by atoms with E-state index in [1.165, 1.54) is 60.1 Å². The zero-order valence-corrected chi connectivity index (χ0v) is 19.4. The van der Waals surface area contributed by atoms with Gasteiger partial charge in [0.1, 0.15) is 5.76 Å². The van der Waals surface area contributed by atoms with Crippen LogP contribution in [0.1, 0.15) is 23.0 Å². The Morgan fingerprint density at radius 1 is 1.09 bits per heavy atom. The predicted molar refractivity (Wildman–Crippen MR) is 126 cm³/mol. The van der Waals surface area contributed by atoms with Crippen LogP contribution in [0, 0.1) is 0 Å². The van der Waals surface area contributed by atoms with Gasteiger partial charge in [0.15, 0.2) is 5.13 Å². The number of nitrogens with zero attached hydrogens (tertiary/aromatic N) is 2. The zero-order chi connectivity index (χ0) is 23.6. The van der Waals surface area contributed by atoms with Crippen LogP contribution in [0.4, 0.5) is 10.8 Å². The highest BCUT2D eigenvalue weighted by atomic mass is 32.2. The number of fused-ring (bicyclic) bond motifs is 1. The second-order valence-corrected chi connectivity index (χ2v) is 10.3. The van der Waals surface area contributed by atoms with Gasteiger partial charge in [-0.3, -0.25) is 14.9 Å². The standard InChI is InChI=1S/C22H20N4O5S2/c1-14(27)23-16-7-10-19-20(12-16)32-22(24-19)25-21(28)15-5-8-18(9-6-15)33(29,30)26(2)13-17-4-3-11-31-17/h3-12H,13H2,1-2H3,(H,23,27)(H,24,25,28). The van der Waals surface area contributed by atoms with Crippen molar-refractivity contribution in [2.75, 3.05) is 17.7 Å². The molecule has 2 heterocycles. The van der Waals surface area contributed by atoms with Crippen molar-refractivity contribution < 1.29 is 22.4 Å². The van der Waals surface area contributed by atoms with Crippen LogP contribution in [0.2, 0.25) is 0 Å². The lowest BCUT2D eigenvalue weighted by Gasteiger charge is -2.16. The minimum absolute atomic E-state index is 0.0681. The average Bonchev–Trinajstić information content (AvgIpc) is 3.42. The number of sulfonamides is 1. The Labute approximate surface area is 194 Å².